The number of carbonyl (C=O) groups is 2. The lowest BCUT2D eigenvalue weighted by molar-refractivity contribution is -0.123. The van der Waals surface area contributed by atoms with Crippen LogP contribution >= 0.6 is 22.9 Å². The summed E-state index contributed by atoms with van der Waals surface area (Å²) in [7, 11) is 0. The van der Waals surface area contributed by atoms with Crippen molar-refractivity contribution in [1.82, 2.24) is 15.6 Å². The van der Waals surface area contributed by atoms with Gasteiger partial charge >= 0.3 is 0 Å². The van der Waals surface area contributed by atoms with E-state index in [0.717, 1.165) is 6.07 Å². The number of thiazole rings is 1. The zero-order valence-electron chi connectivity index (χ0n) is 13.6. The van der Waals surface area contributed by atoms with E-state index in [-0.39, 0.29) is 42.8 Å². The quantitative estimate of drug-likeness (QED) is 0.592. The second-order valence-corrected chi connectivity index (χ2v) is 6.53. The summed E-state index contributed by atoms with van der Waals surface area (Å²) < 4.78 is 18.4. The second-order valence-electron chi connectivity index (χ2n) is 5.23. The van der Waals surface area contributed by atoms with Crippen LogP contribution in [-0.2, 0) is 4.79 Å². The van der Waals surface area contributed by atoms with E-state index < -0.39 is 17.8 Å². The molecule has 7 nitrogen and oxygen atoms in total. The molecule has 0 radical (unpaired) electrons. The summed E-state index contributed by atoms with van der Waals surface area (Å²) in [4.78, 5) is 27.6. The first-order chi connectivity index (χ1) is 12.5. The molecule has 0 aliphatic carbocycles. The lowest BCUT2D eigenvalue weighted by Crippen LogP contribution is -2.37. The molecule has 0 saturated heterocycles. The molecule has 2 aromatic rings. The van der Waals surface area contributed by atoms with Gasteiger partial charge in [0.05, 0.1) is 22.8 Å². The third-order valence-electron chi connectivity index (χ3n) is 3.22. The van der Waals surface area contributed by atoms with Crippen molar-refractivity contribution in [2.75, 3.05) is 19.7 Å². The van der Waals surface area contributed by atoms with Crippen LogP contribution in [0.15, 0.2) is 29.9 Å². The van der Waals surface area contributed by atoms with Crippen molar-refractivity contribution in [3.8, 4) is 5.75 Å². The van der Waals surface area contributed by atoms with E-state index in [1.165, 1.54) is 29.7 Å². The van der Waals surface area contributed by atoms with Gasteiger partial charge in [0.25, 0.3) is 11.8 Å². The van der Waals surface area contributed by atoms with Crippen molar-refractivity contribution < 1.29 is 23.8 Å². The highest BCUT2D eigenvalue weighted by atomic mass is 35.5. The number of nitrogens with one attached hydrogen (secondary N) is 2. The zero-order chi connectivity index (χ0) is 18.9. The topological polar surface area (TPSA) is 101 Å². The Morgan fingerprint density at radius 2 is 2.19 bits per heavy atom. The van der Waals surface area contributed by atoms with Gasteiger partial charge in [-0.05, 0) is 18.6 Å². The average molecular weight is 402 g/mol. The minimum Gasteiger partial charge on any atom is -0.484 e. The maximum atomic E-state index is 13.2. The summed E-state index contributed by atoms with van der Waals surface area (Å²) in [6, 6.07) is 3.85. The molecular weight excluding hydrogens is 385 g/mol. The lowest BCUT2D eigenvalue weighted by Gasteiger charge is -2.13. The summed E-state index contributed by atoms with van der Waals surface area (Å²) >= 11 is 6.77. The average Bonchev–Trinajstić information content (AvgIpc) is 3.15. The van der Waals surface area contributed by atoms with E-state index in [1.54, 1.807) is 5.51 Å². The molecule has 1 aromatic heterocycles. The zero-order valence-corrected chi connectivity index (χ0v) is 15.1. The van der Waals surface area contributed by atoms with E-state index in [1.807, 2.05) is 0 Å². The van der Waals surface area contributed by atoms with Gasteiger partial charge in [0.15, 0.2) is 6.61 Å². The van der Waals surface area contributed by atoms with E-state index in [4.69, 9.17) is 16.3 Å². The smallest absolute Gasteiger partial charge is 0.262 e. The summed E-state index contributed by atoms with van der Waals surface area (Å²) in [6.07, 6.45) is 0.908. The molecular formula is C16H17ClFN3O4S. The first kappa shape index (κ1) is 20.1. The highest BCUT2D eigenvalue weighted by Gasteiger charge is 2.11. The van der Waals surface area contributed by atoms with Crippen LogP contribution in [0.3, 0.4) is 0 Å². The molecule has 1 unspecified atom stereocenters. The van der Waals surface area contributed by atoms with Crippen molar-refractivity contribution in [2.45, 2.75) is 12.5 Å². The van der Waals surface area contributed by atoms with Crippen molar-refractivity contribution >= 4 is 34.8 Å². The van der Waals surface area contributed by atoms with Crippen molar-refractivity contribution in [2.24, 2.45) is 0 Å². The van der Waals surface area contributed by atoms with E-state index in [9.17, 15) is 19.1 Å². The number of carbonyl (C=O) groups excluding carboxylic acids is 2. The van der Waals surface area contributed by atoms with Crippen LogP contribution in [0.2, 0.25) is 5.02 Å². The standard InChI is InChI=1S/C16H17ClFN3O4S/c17-12-2-1-11(5-13(12)18)25-8-15(23)21-6-10(22)3-4-20-16(24)14-7-19-9-26-14/h1-2,5,7,9-10,22H,3-4,6,8H2,(H,20,24)(H,21,23). The lowest BCUT2D eigenvalue weighted by atomic mass is 10.2. The number of amides is 2. The van der Waals surface area contributed by atoms with Gasteiger partial charge in [0.1, 0.15) is 16.4 Å². The van der Waals surface area contributed by atoms with Crippen LogP contribution < -0.4 is 15.4 Å². The SMILES string of the molecule is O=C(COc1ccc(Cl)c(F)c1)NCC(O)CCNC(=O)c1cncs1. The largest absolute Gasteiger partial charge is 0.484 e. The molecule has 0 fully saturated rings. The van der Waals surface area contributed by atoms with Gasteiger partial charge in [-0.1, -0.05) is 11.6 Å². The first-order valence-electron chi connectivity index (χ1n) is 7.65. The monoisotopic (exact) mass is 401 g/mol. The molecule has 10 heteroatoms. The Kier molecular flexibility index (Phi) is 7.76. The van der Waals surface area contributed by atoms with Crippen molar-refractivity contribution in [3.63, 3.8) is 0 Å². The molecule has 1 aromatic carbocycles. The fraction of sp³-hybridized carbons (Fsp3) is 0.312. The number of aliphatic hydroxyl groups excluding tert-OH is 1. The van der Waals surface area contributed by atoms with Gasteiger partial charge in [-0.15, -0.1) is 11.3 Å². The van der Waals surface area contributed by atoms with E-state index >= 15 is 0 Å². The summed E-state index contributed by atoms with van der Waals surface area (Å²) in [5.41, 5.74) is 1.56. The van der Waals surface area contributed by atoms with E-state index in [0.29, 0.717) is 4.88 Å². The summed E-state index contributed by atoms with van der Waals surface area (Å²) in [6.45, 7) is -0.0577. The number of aromatic nitrogens is 1. The first-order valence-corrected chi connectivity index (χ1v) is 8.90. The van der Waals surface area contributed by atoms with E-state index in [2.05, 4.69) is 15.6 Å². The number of nitrogens with zero attached hydrogens (tertiary/aromatic N) is 1. The Hall–Kier alpha value is -2.23. The van der Waals surface area contributed by atoms with Crippen LogP contribution in [0, 0.1) is 5.82 Å². The number of hydrogen-bond acceptors (Lipinski definition) is 6. The summed E-state index contributed by atoms with van der Waals surface area (Å²) in [5.74, 6) is -1.19. The number of ether oxygens (including phenoxy) is 1. The normalized spacial score (nSPS) is 11.7. The maximum absolute atomic E-state index is 13.2. The Labute approximate surface area is 158 Å². The van der Waals surface area contributed by atoms with Crippen LogP contribution in [0.5, 0.6) is 5.75 Å². The van der Waals surface area contributed by atoms with Crippen LogP contribution in [0.25, 0.3) is 0 Å². The van der Waals surface area contributed by atoms with Gasteiger partial charge in [0, 0.05) is 19.2 Å². The number of rotatable bonds is 9. The minimum absolute atomic E-state index is 0.00754. The van der Waals surface area contributed by atoms with Crippen LogP contribution in [0.4, 0.5) is 4.39 Å². The molecule has 1 atom stereocenters. The molecule has 26 heavy (non-hydrogen) atoms. The second kappa shape index (κ2) is 10.0. The Morgan fingerprint density at radius 3 is 2.88 bits per heavy atom. The fourth-order valence-corrected chi connectivity index (χ4v) is 2.52. The minimum atomic E-state index is -0.825. The Balaban J connectivity index is 1.60. The van der Waals surface area contributed by atoms with Gasteiger partial charge < -0.3 is 20.5 Å². The molecule has 0 aliphatic heterocycles. The third-order valence-corrected chi connectivity index (χ3v) is 4.29. The molecule has 140 valence electrons. The van der Waals surface area contributed by atoms with Crippen LogP contribution in [-0.4, -0.2) is 47.7 Å². The van der Waals surface area contributed by atoms with Gasteiger partial charge in [-0.25, -0.2) is 4.39 Å². The number of hydrogen-bond donors (Lipinski definition) is 3. The van der Waals surface area contributed by atoms with Crippen molar-refractivity contribution in [3.05, 3.63) is 45.6 Å². The predicted octanol–water partition coefficient (Wildman–Crippen LogP) is 1.61. The van der Waals surface area contributed by atoms with Crippen LogP contribution in [0.1, 0.15) is 16.1 Å². The van der Waals surface area contributed by atoms with Crippen molar-refractivity contribution in [1.29, 1.82) is 0 Å². The number of aliphatic hydroxyl groups is 1. The Morgan fingerprint density at radius 1 is 1.38 bits per heavy atom. The molecule has 0 spiro atoms. The third kappa shape index (κ3) is 6.58. The molecule has 0 saturated carbocycles. The van der Waals surface area contributed by atoms with Gasteiger partial charge in [-0.3, -0.25) is 14.6 Å². The molecule has 3 N–H and O–H groups in total. The number of halogens is 2. The Bertz CT molecular complexity index is 745. The number of benzene rings is 1. The predicted molar refractivity (Wildman–Crippen MR) is 95.0 cm³/mol. The molecule has 2 amide bonds. The molecule has 0 aliphatic rings. The fourth-order valence-electron chi connectivity index (χ4n) is 1.87. The summed E-state index contributed by atoms with van der Waals surface area (Å²) in [5, 5.41) is 14.9. The highest BCUT2D eigenvalue weighted by molar-refractivity contribution is 7.11. The molecule has 0 bridgehead atoms. The highest BCUT2D eigenvalue weighted by Crippen LogP contribution is 2.20. The molecule has 2 rings (SSSR count). The molecule has 1 heterocycles. The van der Waals surface area contributed by atoms with Gasteiger partial charge in [0.2, 0.25) is 0 Å². The maximum Gasteiger partial charge on any atom is 0.262 e. The van der Waals surface area contributed by atoms with Gasteiger partial charge in [-0.2, -0.15) is 0 Å².